The Morgan fingerprint density at radius 2 is 2.20 bits per heavy atom. The number of nitrogens with two attached hydrogens (primary N) is 1. The van der Waals surface area contributed by atoms with Crippen LogP contribution in [-0.4, -0.2) is 31.8 Å². The van der Waals surface area contributed by atoms with Crippen LogP contribution in [-0.2, 0) is 4.74 Å². The smallest absolute Gasteiger partial charge is 0.182 e. The first-order valence-corrected chi connectivity index (χ1v) is 6.98. The van der Waals surface area contributed by atoms with E-state index in [2.05, 4.69) is 12.2 Å². The molecule has 3 nitrogen and oxygen atoms in total. The Bertz CT molecular complexity index is 504. The third-order valence-electron chi connectivity index (χ3n) is 3.53. The van der Waals surface area contributed by atoms with Crippen molar-refractivity contribution in [2.45, 2.75) is 12.8 Å². The molecular formula is C14H18F2N2OS. The van der Waals surface area contributed by atoms with Gasteiger partial charge in [-0.05, 0) is 30.9 Å². The first-order valence-electron chi connectivity index (χ1n) is 6.57. The van der Waals surface area contributed by atoms with E-state index in [1.807, 2.05) is 0 Å². The molecule has 0 spiro atoms. The van der Waals surface area contributed by atoms with E-state index in [1.165, 1.54) is 12.1 Å². The molecule has 0 radical (unpaired) electrons. The van der Waals surface area contributed by atoms with Gasteiger partial charge in [0.1, 0.15) is 4.99 Å². The van der Waals surface area contributed by atoms with Crippen LogP contribution in [0.1, 0.15) is 18.4 Å². The Balaban J connectivity index is 2.15. The van der Waals surface area contributed by atoms with Gasteiger partial charge in [0, 0.05) is 25.8 Å². The average molecular weight is 300 g/mol. The van der Waals surface area contributed by atoms with E-state index in [-0.39, 0.29) is 16.2 Å². The van der Waals surface area contributed by atoms with Gasteiger partial charge in [0.25, 0.3) is 0 Å². The van der Waals surface area contributed by atoms with Crippen LogP contribution in [0.25, 0.3) is 0 Å². The summed E-state index contributed by atoms with van der Waals surface area (Å²) in [4.78, 5) is 1.57. The summed E-state index contributed by atoms with van der Waals surface area (Å²) < 4.78 is 33.3. The van der Waals surface area contributed by atoms with Crippen LogP contribution < -0.4 is 10.6 Å². The normalized spacial score (nSPS) is 18.9. The maximum atomic E-state index is 14.1. The van der Waals surface area contributed by atoms with Crippen LogP contribution >= 0.6 is 12.2 Å². The third-order valence-corrected chi connectivity index (χ3v) is 3.75. The Morgan fingerprint density at radius 3 is 2.80 bits per heavy atom. The van der Waals surface area contributed by atoms with Crippen LogP contribution in [0.15, 0.2) is 12.1 Å². The lowest BCUT2D eigenvalue weighted by Crippen LogP contribution is -2.31. The van der Waals surface area contributed by atoms with Gasteiger partial charge in [0.15, 0.2) is 11.6 Å². The second-order valence-electron chi connectivity index (χ2n) is 5.09. The zero-order valence-corrected chi connectivity index (χ0v) is 12.2. The quantitative estimate of drug-likeness (QED) is 0.867. The van der Waals surface area contributed by atoms with Crippen molar-refractivity contribution < 1.29 is 13.5 Å². The summed E-state index contributed by atoms with van der Waals surface area (Å²) in [6.45, 7) is 2.08. The van der Waals surface area contributed by atoms with E-state index in [0.29, 0.717) is 19.1 Å². The van der Waals surface area contributed by atoms with Crippen molar-refractivity contribution in [1.82, 2.24) is 0 Å². The van der Waals surface area contributed by atoms with Crippen molar-refractivity contribution in [3.63, 3.8) is 0 Å². The predicted molar refractivity (Wildman–Crippen MR) is 79.1 cm³/mol. The number of rotatable bonds is 4. The Morgan fingerprint density at radius 1 is 1.45 bits per heavy atom. The molecular weight excluding hydrogens is 282 g/mol. The van der Waals surface area contributed by atoms with Crippen molar-refractivity contribution in [3.05, 3.63) is 29.3 Å². The molecule has 1 unspecified atom stereocenters. The molecule has 1 fully saturated rings. The number of nitrogens with zero attached hydrogens (tertiary/aromatic N) is 1. The number of hydrogen-bond acceptors (Lipinski definition) is 3. The average Bonchev–Trinajstić information content (AvgIpc) is 2.42. The minimum absolute atomic E-state index is 0.0596. The number of anilines is 1. The van der Waals surface area contributed by atoms with E-state index in [0.717, 1.165) is 19.4 Å². The molecule has 20 heavy (non-hydrogen) atoms. The van der Waals surface area contributed by atoms with Crippen molar-refractivity contribution in [2.24, 2.45) is 11.7 Å². The topological polar surface area (TPSA) is 38.5 Å². The highest BCUT2D eigenvalue weighted by molar-refractivity contribution is 7.80. The summed E-state index contributed by atoms with van der Waals surface area (Å²) in [7, 11) is 1.74. The van der Waals surface area contributed by atoms with Crippen LogP contribution in [0.2, 0.25) is 0 Å². The minimum atomic E-state index is -0.984. The van der Waals surface area contributed by atoms with E-state index in [4.69, 9.17) is 10.5 Å². The summed E-state index contributed by atoms with van der Waals surface area (Å²) in [6.07, 6.45) is 2.05. The molecule has 1 aliphatic rings. The second kappa shape index (κ2) is 6.45. The Labute approximate surface area is 122 Å². The second-order valence-corrected chi connectivity index (χ2v) is 5.53. The zero-order valence-electron chi connectivity index (χ0n) is 11.4. The number of thiocarbonyl (C=S) groups is 1. The van der Waals surface area contributed by atoms with Crippen LogP contribution in [0.4, 0.5) is 14.5 Å². The molecule has 0 aliphatic carbocycles. The monoisotopic (exact) mass is 300 g/mol. The lowest BCUT2D eigenvalue weighted by molar-refractivity contribution is 0.0576. The molecule has 1 aliphatic heterocycles. The summed E-state index contributed by atoms with van der Waals surface area (Å²) >= 11 is 4.69. The SMILES string of the molecule is CN(CC1CCCOC1)c1ccc(C(N)=S)c(F)c1F. The number of hydrogen-bond donors (Lipinski definition) is 1. The van der Waals surface area contributed by atoms with E-state index >= 15 is 0 Å². The molecule has 0 saturated carbocycles. The Hall–Kier alpha value is -1.27. The lowest BCUT2D eigenvalue weighted by Gasteiger charge is -2.28. The van der Waals surface area contributed by atoms with Gasteiger partial charge in [-0.1, -0.05) is 12.2 Å². The van der Waals surface area contributed by atoms with Gasteiger partial charge in [-0.25, -0.2) is 8.78 Å². The van der Waals surface area contributed by atoms with E-state index < -0.39 is 11.6 Å². The summed E-state index contributed by atoms with van der Waals surface area (Å²) in [6, 6.07) is 2.93. The Kier molecular flexibility index (Phi) is 4.88. The standard InChI is InChI=1S/C14H18F2N2OS/c1-18(7-9-3-2-6-19-8-9)11-5-4-10(14(17)20)12(15)13(11)16/h4-5,9H,2-3,6-8H2,1H3,(H2,17,20). The summed E-state index contributed by atoms with van der Waals surface area (Å²) in [5, 5.41) is 0. The molecule has 0 aromatic heterocycles. The number of ether oxygens (including phenoxy) is 1. The molecule has 0 bridgehead atoms. The highest BCUT2D eigenvalue weighted by Gasteiger charge is 2.21. The van der Waals surface area contributed by atoms with Gasteiger partial charge in [0.05, 0.1) is 12.3 Å². The number of benzene rings is 1. The third kappa shape index (κ3) is 3.24. The molecule has 6 heteroatoms. The molecule has 1 aromatic carbocycles. The molecule has 2 N–H and O–H groups in total. The molecule has 110 valence electrons. The molecule has 2 rings (SSSR count). The van der Waals surface area contributed by atoms with Gasteiger partial charge in [0.2, 0.25) is 0 Å². The fraction of sp³-hybridized carbons (Fsp3) is 0.500. The van der Waals surface area contributed by atoms with Crippen LogP contribution in [0.3, 0.4) is 0 Å². The van der Waals surface area contributed by atoms with E-state index in [1.54, 1.807) is 11.9 Å². The van der Waals surface area contributed by atoms with Crippen molar-refractivity contribution >= 4 is 22.9 Å². The van der Waals surface area contributed by atoms with Gasteiger partial charge in [-0.15, -0.1) is 0 Å². The molecule has 1 atom stereocenters. The lowest BCUT2D eigenvalue weighted by atomic mass is 10.0. The van der Waals surface area contributed by atoms with Gasteiger partial charge >= 0.3 is 0 Å². The first-order chi connectivity index (χ1) is 9.50. The van der Waals surface area contributed by atoms with Crippen molar-refractivity contribution in [3.8, 4) is 0 Å². The van der Waals surface area contributed by atoms with Crippen molar-refractivity contribution in [2.75, 3.05) is 31.7 Å². The summed E-state index contributed by atoms with van der Waals surface area (Å²) in [5.41, 5.74) is 5.51. The van der Waals surface area contributed by atoms with Crippen LogP contribution in [0.5, 0.6) is 0 Å². The maximum absolute atomic E-state index is 14.1. The first kappa shape index (κ1) is 15.1. The molecule has 1 heterocycles. The number of halogens is 2. The molecule has 1 saturated heterocycles. The fourth-order valence-electron chi connectivity index (χ4n) is 2.46. The highest BCUT2D eigenvalue weighted by Crippen LogP contribution is 2.25. The highest BCUT2D eigenvalue weighted by atomic mass is 32.1. The molecule has 1 aromatic rings. The largest absolute Gasteiger partial charge is 0.389 e. The maximum Gasteiger partial charge on any atom is 0.182 e. The minimum Gasteiger partial charge on any atom is -0.389 e. The molecule has 0 amide bonds. The predicted octanol–water partition coefficient (Wildman–Crippen LogP) is 2.46. The van der Waals surface area contributed by atoms with Crippen molar-refractivity contribution in [1.29, 1.82) is 0 Å². The fourth-order valence-corrected chi connectivity index (χ4v) is 2.62. The van der Waals surface area contributed by atoms with Gasteiger partial charge < -0.3 is 15.4 Å². The zero-order chi connectivity index (χ0) is 14.7. The van der Waals surface area contributed by atoms with Crippen LogP contribution in [0, 0.1) is 17.6 Å². The van der Waals surface area contributed by atoms with E-state index in [9.17, 15) is 8.78 Å². The van der Waals surface area contributed by atoms with Gasteiger partial charge in [-0.2, -0.15) is 0 Å². The van der Waals surface area contributed by atoms with Gasteiger partial charge in [-0.3, -0.25) is 0 Å². The summed E-state index contributed by atoms with van der Waals surface area (Å²) in [5.74, 6) is -1.55.